The van der Waals surface area contributed by atoms with Crippen molar-refractivity contribution in [1.82, 2.24) is 0 Å². The molecule has 0 saturated carbocycles. The van der Waals surface area contributed by atoms with Gasteiger partial charge < -0.3 is 33.9 Å². The van der Waals surface area contributed by atoms with Gasteiger partial charge in [0.25, 0.3) is 0 Å². The van der Waals surface area contributed by atoms with E-state index in [4.69, 9.17) is 23.7 Å². The van der Waals surface area contributed by atoms with E-state index in [1.54, 1.807) is 45.2 Å². The SMILES string of the molecule is COc1ccc(O[C@@H]2O[C@H](CO)[C@@H]3OC(C)(C)O[C@@H]3[C@H]2O)cc1. The highest BCUT2D eigenvalue weighted by Gasteiger charge is 2.55. The number of aliphatic hydroxyl groups is 2. The Hall–Kier alpha value is -1.38. The van der Waals surface area contributed by atoms with Crippen LogP contribution in [0.3, 0.4) is 0 Å². The van der Waals surface area contributed by atoms with Crippen LogP contribution >= 0.6 is 0 Å². The summed E-state index contributed by atoms with van der Waals surface area (Å²) >= 11 is 0. The van der Waals surface area contributed by atoms with Crippen LogP contribution in [0.5, 0.6) is 11.5 Å². The largest absolute Gasteiger partial charge is 0.497 e. The van der Waals surface area contributed by atoms with E-state index in [0.717, 1.165) is 0 Å². The molecule has 0 unspecified atom stereocenters. The van der Waals surface area contributed by atoms with Crippen molar-refractivity contribution >= 4 is 0 Å². The summed E-state index contributed by atoms with van der Waals surface area (Å²) < 4.78 is 27.9. The lowest BCUT2D eigenvalue weighted by atomic mass is 9.99. The fourth-order valence-electron chi connectivity index (χ4n) is 2.89. The van der Waals surface area contributed by atoms with Crippen LogP contribution in [0, 0.1) is 0 Å². The van der Waals surface area contributed by atoms with Crippen LogP contribution in [0.25, 0.3) is 0 Å². The molecule has 0 aliphatic carbocycles. The molecule has 0 radical (unpaired) electrons. The number of methoxy groups -OCH3 is 1. The molecule has 5 atom stereocenters. The van der Waals surface area contributed by atoms with Gasteiger partial charge in [-0.25, -0.2) is 0 Å². The minimum atomic E-state index is -1.04. The summed E-state index contributed by atoms with van der Waals surface area (Å²) in [6, 6.07) is 6.92. The number of hydrogen-bond acceptors (Lipinski definition) is 7. The van der Waals surface area contributed by atoms with Crippen molar-refractivity contribution in [2.75, 3.05) is 13.7 Å². The number of benzene rings is 1. The summed E-state index contributed by atoms with van der Waals surface area (Å²) in [5, 5.41) is 20.0. The summed E-state index contributed by atoms with van der Waals surface area (Å²) in [5.74, 6) is 0.371. The fourth-order valence-corrected chi connectivity index (χ4v) is 2.89. The first-order valence-corrected chi connectivity index (χ1v) is 7.54. The monoisotopic (exact) mass is 326 g/mol. The molecule has 0 spiro atoms. The Labute approximate surface area is 134 Å². The molecule has 2 aliphatic rings. The van der Waals surface area contributed by atoms with Gasteiger partial charge in [0.05, 0.1) is 13.7 Å². The van der Waals surface area contributed by atoms with E-state index in [1.165, 1.54) is 0 Å². The maximum Gasteiger partial charge on any atom is 0.229 e. The normalized spacial score (nSPS) is 35.6. The molecule has 7 heteroatoms. The Morgan fingerprint density at radius 2 is 1.70 bits per heavy atom. The molecule has 2 heterocycles. The fraction of sp³-hybridized carbons (Fsp3) is 0.625. The van der Waals surface area contributed by atoms with Gasteiger partial charge in [-0.05, 0) is 38.1 Å². The lowest BCUT2D eigenvalue weighted by Crippen LogP contribution is -2.58. The highest BCUT2D eigenvalue weighted by atomic mass is 16.8. The molecule has 3 rings (SSSR count). The molecule has 2 fully saturated rings. The van der Waals surface area contributed by atoms with E-state index in [-0.39, 0.29) is 6.61 Å². The molecule has 2 aliphatic heterocycles. The molecule has 0 aromatic heterocycles. The predicted octanol–water partition coefficient (Wildman–Crippen LogP) is 0.672. The quantitative estimate of drug-likeness (QED) is 0.841. The van der Waals surface area contributed by atoms with Crippen LogP contribution in [-0.4, -0.2) is 60.4 Å². The first-order valence-electron chi connectivity index (χ1n) is 7.54. The maximum absolute atomic E-state index is 10.5. The van der Waals surface area contributed by atoms with Gasteiger partial charge in [-0.2, -0.15) is 0 Å². The van der Waals surface area contributed by atoms with Crippen molar-refractivity contribution < 1.29 is 33.9 Å². The van der Waals surface area contributed by atoms with E-state index in [1.807, 2.05) is 0 Å². The average molecular weight is 326 g/mol. The number of hydrogen-bond donors (Lipinski definition) is 2. The molecule has 1 aromatic rings. The zero-order valence-electron chi connectivity index (χ0n) is 13.3. The molecular weight excluding hydrogens is 304 g/mol. The topological polar surface area (TPSA) is 86.6 Å². The molecule has 2 N–H and O–H groups in total. The zero-order chi connectivity index (χ0) is 16.6. The number of fused-ring (bicyclic) bond motifs is 1. The standard InChI is InChI=1S/C16H22O7/c1-16(2)22-13-11(8-17)21-15(12(18)14(13)23-16)20-10-6-4-9(19-3)5-7-10/h4-7,11-15,17-18H,8H2,1-3H3/t11-,12-,13+,14-,15-/m1/s1. The molecule has 0 amide bonds. The van der Waals surface area contributed by atoms with Crippen molar-refractivity contribution in [3.63, 3.8) is 0 Å². The summed E-state index contributed by atoms with van der Waals surface area (Å²) in [6.07, 6.45) is -3.79. The van der Waals surface area contributed by atoms with Gasteiger partial charge >= 0.3 is 0 Å². The summed E-state index contributed by atoms with van der Waals surface area (Å²) in [6.45, 7) is 3.26. The van der Waals surface area contributed by atoms with Crippen molar-refractivity contribution in [2.45, 2.75) is 50.3 Å². The average Bonchev–Trinajstić information content (AvgIpc) is 2.87. The number of rotatable bonds is 4. The smallest absolute Gasteiger partial charge is 0.229 e. The van der Waals surface area contributed by atoms with E-state index >= 15 is 0 Å². The Bertz CT molecular complexity index is 530. The molecule has 23 heavy (non-hydrogen) atoms. The molecule has 2 saturated heterocycles. The molecule has 128 valence electrons. The molecule has 0 bridgehead atoms. The molecule has 7 nitrogen and oxygen atoms in total. The van der Waals surface area contributed by atoms with E-state index in [0.29, 0.717) is 11.5 Å². The van der Waals surface area contributed by atoms with Crippen molar-refractivity contribution in [3.8, 4) is 11.5 Å². The number of ether oxygens (including phenoxy) is 5. The second-order valence-corrected chi connectivity index (χ2v) is 6.07. The van der Waals surface area contributed by atoms with Crippen LogP contribution in [-0.2, 0) is 14.2 Å². The second-order valence-electron chi connectivity index (χ2n) is 6.07. The Morgan fingerprint density at radius 3 is 2.30 bits per heavy atom. The van der Waals surface area contributed by atoms with E-state index in [2.05, 4.69) is 0 Å². The highest BCUT2D eigenvalue weighted by Crippen LogP contribution is 2.38. The third kappa shape index (κ3) is 3.29. The first kappa shape index (κ1) is 16.5. The van der Waals surface area contributed by atoms with Gasteiger partial charge in [-0.3, -0.25) is 0 Å². The van der Waals surface area contributed by atoms with E-state index in [9.17, 15) is 10.2 Å². The zero-order valence-corrected chi connectivity index (χ0v) is 13.3. The summed E-state index contributed by atoms with van der Waals surface area (Å²) in [4.78, 5) is 0. The lowest BCUT2D eigenvalue weighted by molar-refractivity contribution is -0.254. The van der Waals surface area contributed by atoms with Crippen LogP contribution in [0.2, 0.25) is 0 Å². The van der Waals surface area contributed by atoms with Crippen LogP contribution in [0.15, 0.2) is 24.3 Å². The maximum atomic E-state index is 10.5. The Balaban J connectivity index is 1.74. The minimum absolute atomic E-state index is 0.254. The Kier molecular flexibility index (Phi) is 4.48. The van der Waals surface area contributed by atoms with Crippen molar-refractivity contribution in [3.05, 3.63) is 24.3 Å². The minimum Gasteiger partial charge on any atom is -0.497 e. The second kappa shape index (κ2) is 6.26. The molecule has 1 aromatic carbocycles. The summed E-state index contributed by atoms with van der Waals surface area (Å²) in [5.41, 5.74) is 0. The van der Waals surface area contributed by atoms with Crippen molar-refractivity contribution in [1.29, 1.82) is 0 Å². The highest BCUT2D eigenvalue weighted by molar-refractivity contribution is 5.31. The van der Waals surface area contributed by atoms with Gasteiger partial charge in [-0.15, -0.1) is 0 Å². The van der Waals surface area contributed by atoms with Crippen molar-refractivity contribution in [2.24, 2.45) is 0 Å². The van der Waals surface area contributed by atoms with Gasteiger partial charge in [0, 0.05) is 0 Å². The Morgan fingerprint density at radius 1 is 1.09 bits per heavy atom. The van der Waals surface area contributed by atoms with Gasteiger partial charge in [0.2, 0.25) is 6.29 Å². The van der Waals surface area contributed by atoms with Gasteiger partial charge in [-0.1, -0.05) is 0 Å². The predicted molar refractivity (Wildman–Crippen MR) is 79.2 cm³/mol. The molecular formula is C16H22O7. The third-order valence-corrected chi connectivity index (χ3v) is 3.95. The third-order valence-electron chi connectivity index (χ3n) is 3.95. The van der Waals surface area contributed by atoms with E-state index < -0.39 is 36.5 Å². The lowest BCUT2D eigenvalue weighted by Gasteiger charge is -2.39. The van der Waals surface area contributed by atoms with Crippen LogP contribution in [0.1, 0.15) is 13.8 Å². The number of aliphatic hydroxyl groups excluding tert-OH is 2. The van der Waals surface area contributed by atoms with Crippen LogP contribution in [0.4, 0.5) is 0 Å². The summed E-state index contributed by atoms with van der Waals surface area (Å²) in [7, 11) is 1.58. The van der Waals surface area contributed by atoms with Gasteiger partial charge in [0.15, 0.2) is 5.79 Å². The first-order chi connectivity index (χ1) is 10.9. The van der Waals surface area contributed by atoms with Gasteiger partial charge in [0.1, 0.15) is 35.9 Å². The van der Waals surface area contributed by atoms with Crippen LogP contribution < -0.4 is 9.47 Å².